The van der Waals surface area contributed by atoms with E-state index in [0.717, 1.165) is 49.5 Å². The molecule has 0 spiro atoms. The lowest BCUT2D eigenvalue weighted by molar-refractivity contribution is -0.151. The number of aliphatic hydroxyl groups is 1. The van der Waals surface area contributed by atoms with Crippen LogP contribution in [-0.4, -0.2) is 35.2 Å². The first-order valence-electron chi connectivity index (χ1n) is 10.0. The maximum absolute atomic E-state index is 11.7. The molecule has 3 atom stereocenters. The van der Waals surface area contributed by atoms with Crippen LogP contribution >= 0.6 is 0 Å². The van der Waals surface area contributed by atoms with Gasteiger partial charge in [0, 0.05) is 43.2 Å². The van der Waals surface area contributed by atoms with Crippen LogP contribution < -0.4 is 4.74 Å². The van der Waals surface area contributed by atoms with Crippen LogP contribution in [0.25, 0.3) is 0 Å². The van der Waals surface area contributed by atoms with Crippen molar-refractivity contribution in [3.8, 4) is 5.75 Å². The fourth-order valence-corrected chi connectivity index (χ4v) is 5.17. The lowest BCUT2D eigenvalue weighted by Crippen LogP contribution is -2.58. The van der Waals surface area contributed by atoms with Gasteiger partial charge in [-0.05, 0) is 43.9 Å². The molecule has 0 amide bonds. The number of fused-ring (bicyclic) bond motifs is 2. The second-order valence-corrected chi connectivity index (χ2v) is 8.33. The van der Waals surface area contributed by atoms with Gasteiger partial charge in [0.2, 0.25) is 0 Å². The van der Waals surface area contributed by atoms with E-state index in [4.69, 9.17) is 4.74 Å². The molecule has 1 aromatic carbocycles. The predicted octanol–water partition coefficient (Wildman–Crippen LogP) is 3.83. The van der Waals surface area contributed by atoms with Crippen molar-refractivity contribution in [3.63, 3.8) is 0 Å². The fraction of sp³-hybridized carbons (Fsp3) is 0.522. The van der Waals surface area contributed by atoms with Gasteiger partial charge in [-0.2, -0.15) is 0 Å². The van der Waals surface area contributed by atoms with E-state index in [0.29, 0.717) is 0 Å². The van der Waals surface area contributed by atoms with Crippen molar-refractivity contribution in [2.45, 2.75) is 45.3 Å². The number of hydrogen-bond donors (Lipinski definition) is 1. The number of hydrogen-bond acceptors (Lipinski definition) is 4. The summed E-state index contributed by atoms with van der Waals surface area (Å²) in [6.45, 7) is 6.81. The highest BCUT2D eigenvalue weighted by molar-refractivity contribution is 5.40. The molecule has 1 N–H and O–H groups in total. The number of aromatic nitrogens is 1. The first kappa shape index (κ1) is 18.5. The number of ether oxygens (including phenoxy) is 1. The summed E-state index contributed by atoms with van der Waals surface area (Å²) in [5.41, 5.74) is 3.60. The number of aryl methyl sites for hydroxylation is 2. The zero-order valence-electron chi connectivity index (χ0n) is 16.6. The summed E-state index contributed by atoms with van der Waals surface area (Å²) < 4.78 is 5.65. The summed E-state index contributed by atoms with van der Waals surface area (Å²) in [5, 5.41) is 11.7. The van der Waals surface area contributed by atoms with Crippen molar-refractivity contribution in [1.29, 1.82) is 0 Å². The van der Waals surface area contributed by atoms with Gasteiger partial charge in [0.25, 0.3) is 0 Å². The highest BCUT2D eigenvalue weighted by Crippen LogP contribution is 2.49. The minimum atomic E-state index is -0.793. The van der Waals surface area contributed by atoms with Crippen LogP contribution in [0.3, 0.4) is 0 Å². The molecule has 1 saturated heterocycles. The Morgan fingerprint density at radius 2 is 1.89 bits per heavy atom. The van der Waals surface area contributed by atoms with E-state index in [1.54, 1.807) is 7.11 Å². The Balaban J connectivity index is 1.58. The van der Waals surface area contributed by atoms with E-state index >= 15 is 0 Å². The summed E-state index contributed by atoms with van der Waals surface area (Å²) in [4.78, 5) is 7.11. The Labute approximate surface area is 162 Å². The SMILES string of the molecule is COc1c(C)cccc1CN1C[C@H]2CCC[C@@H](C1)C2(O)c1ccc(C)cn1. The molecule has 1 aliphatic heterocycles. The largest absolute Gasteiger partial charge is 0.496 e. The minimum absolute atomic E-state index is 0.232. The van der Waals surface area contributed by atoms with Crippen LogP contribution in [0.2, 0.25) is 0 Å². The topological polar surface area (TPSA) is 45.6 Å². The maximum Gasteiger partial charge on any atom is 0.126 e. The molecule has 2 aromatic rings. The molecule has 1 saturated carbocycles. The van der Waals surface area contributed by atoms with E-state index in [1.165, 1.54) is 17.5 Å². The highest BCUT2D eigenvalue weighted by Gasteiger charge is 2.52. The van der Waals surface area contributed by atoms with E-state index < -0.39 is 5.60 Å². The number of piperidine rings is 1. The molecule has 2 bridgehead atoms. The quantitative estimate of drug-likeness (QED) is 0.893. The van der Waals surface area contributed by atoms with Gasteiger partial charge in [-0.1, -0.05) is 30.7 Å². The fourth-order valence-electron chi connectivity index (χ4n) is 5.17. The summed E-state index contributed by atoms with van der Waals surface area (Å²) in [5.74, 6) is 1.45. The van der Waals surface area contributed by atoms with E-state index in [-0.39, 0.29) is 11.8 Å². The van der Waals surface area contributed by atoms with Crippen molar-refractivity contribution in [2.24, 2.45) is 11.8 Å². The highest BCUT2D eigenvalue weighted by atomic mass is 16.5. The molecule has 27 heavy (non-hydrogen) atoms. The Morgan fingerprint density at radius 1 is 1.15 bits per heavy atom. The standard InChI is InChI=1S/C23H30N2O2/c1-16-10-11-21(24-12-16)23(26)19-8-5-9-20(23)15-25(14-19)13-18-7-4-6-17(2)22(18)27-3/h4,6-7,10-12,19-20,26H,5,8-9,13-15H2,1-3H3/t19-,20+,23?. The monoisotopic (exact) mass is 366 g/mol. The molecule has 2 aliphatic rings. The molecule has 4 heteroatoms. The van der Waals surface area contributed by atoms with Crippen molar-refractivity contribution in [3.05, 3.63) is 58.9 Å². The number of rotatable bonds is 4. The summed E-state index contributed by atoms with van der Waals surface area (Å²) >= 11 is 0. The Kier molecular flexibility index (Phi) is 4.95. The third-order valence-electron chi connectivity index (χ3n) is 6.52. The van der Waals surface area contributed by atoms with Gasteiger partial charge in [0.1, 0.15) is 11.4 Å². The van der Waals surface area contributed by atoms with Crippen molar-refractivity contribution in [1.82, 2.24) is 9.88 Å². The zero-order valence-corrected chi connectivity index (χ0v) is 16.6. The average molecular weight is 367 g/mol. The van der Waals surface area contributed by atoms with Gasteiger partial charge in [-0.15, -0.1) is 0 Å². The first-order valence-corrected chi connectivity index (χ1v) is 10.0. The molecule has 2 fully saturated rings. The molecule has 1 aliphatic carbocycles. The van der Waals surface area contributed by atoms with Crippen LogP contribution in [0.5, 0.6) is 5.75 Å². The van der Waals surface area contributed by atoms with Crippen molar-refractivity contribution in [2.75, 3.05) is 20.2 Å². The van der Waals surface area contributed by atoms with Gasteiger partial charge in [0.05, 0.1) is 12.8 Å². The van der Waals surface area contributed by atoms with E-state index in [1.807, 2.05) is 19.2 Å². The third-order valence-corrected chi connectivity index (χ3v) is 6.52. The lowest BCUT2D eigenvalue weighted by Gasteiger charge is -2.52. The smallest absolute Gasteiger partial charge is 0.126 e. The number of para-hydroxylation sites is 1. The van der Waals surface area contributed by atoms with Crippen LogP contribution in [0.15, 0.2) is 36.5 Å². The van der Waals surface area contributed by atoms with Crippen molar-refractivity contribution < 1.29 is 9.84 Å². The molecule has 0 radical (unpaired) electrons. The first-order chi connectivity index (χ1) is 13.0. The van der Waals surface area contributed by atoms with Gasteiger partial charge in [0.15, 0.2) is 0 Å². The summed E-state index contributed by atoms with van der Waals surface area (Å²) in [6, 6.07) is 10.4. The minimum Gasteiger partial charge on any atom is -0.496 e. The lowest BCUT2D eigenvalue weighted by atomic mass is 9.64. The van der Waals surface area contributed by atoms with Crippen LogP contribution in [0.4, 0.5) is 0 Å². The van der Waals surface area contributed by atoms with Crippen LogP contribution in [-0.2, 0) is 12.1 Å². The van der Waals surface area contributed by atoms with Gasteiger partial charge in [-0.3, -0.25) is 9.88 Å². The summed E-state index contributed by atoms with van der Waals surface area (Å²) in [6.07, 6.45) is 5.20. The van der Waals surface area contributed by atoms with E-state index in [2.05, 4.69) is 41.1 Å². The van der Waals surface area contributed by atoms with Gasteiger partial charge in [-0.25, -0.2) is 0 Å². The molecule has 2 heterocycles. The Hall–Kier alpha value is -1.91. The van der Waals surface area contributed by atoms with Gasteiger partial charge >= 0.3 is 0 Å². The number of nitrogens with zero attached hydrogens (tertiary/aromatic N) is 2. The van der Waals surface area contributed by atoms with Crippen LogP contribution in [0.1, 0.15) is 41.6 Å². The molecule has 1 unspecified atom stereocenters. The van der Waals surface area contributed by atoms with Crippen LogP contribution in [0, 0.1) is 25.7 Å². The molecular formula is C23H30N2O2. The maximum atomic E-state index is 11.7. The normalized spacial score (nSPS) is 28.1. The molecule has 4 rings (SSSR count). The summed E-state index contributed by atoms with van der Waals surface area (Å²) in [7, 11) is 1.75. The molecular weight excluding hydrogens is 336 g/mol. The number of likely N-dealkylation sites (tertiary alicyclic amines) is 1. The Bertz CT molecular complexity index is 789. The second-order valence-electron chi connectivity index (χ2n) is 8.33. The third kappa shape index (κ3) is 3.26. The number of pyridine rings is 1. The molecule has 144 valence electrons. The molecule has 4 nitrogen and oxygen atoms in total. The Morgan fingerprint density at radius 3 is 2.52 bits per heavy atom. The number of methoxy groups -OCH3 is 1. The van der Waals surface area contributed by atoms with E-state index in [9.17, 15) is 5.11 Å². The average Bonchev–Trinajstić information content (AvgIpc) is 2.63. The van der Waals surface area contributed by atoms with Crippen molar-refractivity contribution >= 4 is 0 Å². The second kappa shape index (κ2) is 7.25. The number of benzene rings is 1. The van der Waals surface area contributed by atoms with Gasteiger partial charge < -0.3 is 9.84 Å². The predicted molar refractivity (Wildman–Crippen MR) is 107 cm³/mol. The molecule has 1 aromatic heterocycles. The zero-order chi connectivity index (χ0) is 19.0.